The van der Waals surface area contributed by atoms with Crippen molar-refractivity contribution in [3.8, 4) is 0 Å². The summed E-state index contributed by atoms with van der Waals surface area (Å²) in [5.41, 5.74) is 0.601. The third-order valence-corrected chi connectivity index (χ3v) is 3.70. The van der Waals surface area contributed by atoms with Crippen molar-refractivity contribution in [1.82, 2.24) is 5.32 Å². The lowest BCUT2D eigenvalue weighted by molar-refractivity contribution is -0.122. The van der Waals surface area contributed by atoms with Crippen LogP contribution in [0.15, 0.2) is 18.2 Å². The van der Waals surface area contributed by atoms with Crippen LogP contribution in [0.25, 0.3) is 0 Å². The summed E-state index contributed by atoms with van der Waals surface area (Å²) >= 11 is 11.9. The van der Waals surface area contributed by atoms with E-state index in [0.29, 0.717) is 28.8 Å². The van der Waals surface area contributed by atoms with Gasteiger partial charge in [-0.05, 0) is 31.0 Å². The van der Waals surface area contributed by atoms with Crippen LogP contribution in [0.1, 0.15) is 19.8 Å². The van der Waals surface area contributed by atoms with Crippen molar-refractivity contribution in [1.29, 1.82) is 0 Å². The summed E-state index contributed by atoms with van der Waals surface area (Å²) in [4.78, 5) is 24.8. The van der Waals surface area contributed by atoms with Crippen LogP contribution >= 0.6 is 23.2 Å². The molecule has 0 radical (unpaired) electrons. The zero-order valence-corrected chi connectivity index (χ0v) is 12.7. The van der Waals surface area contributed by atoms with Gasteiger partial charge in [0.15, 0.2) is 0 Å². The molecule has 1 aliphatic rings. The second-order valence-corrected chi connectivity index (χ2v) is 5.68. The first-order valence-electron chi connectivity index (χ1n) is 6.50. The molecule has 0 heterocycles. The number of carbonyl (C=O) groups is 2. The standard InChI is InChI=1S/C14H16Cl2N2O2/c1-9(19)18(7-6-17-14(20)10-2-3-10)13-5-4-11(15)8-12(13)16/h4-5,8,10H,2-3,6-7H2,1H3,(H,17,20). The van der Waals surface area contributed by atoms with Crippen molar-refractivity contribution in [3.63, 3.8) is 0 Å². The Morgan fingerprint density at radius 2 is 2.05 bits per heavy atom. The lowest BCUT2D eigenvalue weighted by atomic mass is 10.2. The maximum Gasteiger partial charge on any atom is 0.223 e. The molecule has 0 aromatic heterocycles. The number of halogens is 2. The van der Waals surface area contributed by atoms with Crippen LogP contribution < -0.4 is 10.2 Å². The number of nitrogens with zero attached hydrogens (tertiary/aromatic N) is 1. The molecule has 1 N–H and O–H groups in total. The molecule has 0 atom stereocenters. The second kappa shape index (κ2) is 6.46. The van der Waals surface area contributed by atoms with Gasteiger partial charge >= 0.3 is 0 Å². The average Bonchev–Trinajstić information content (AvgIpc) is 3.19. The SMILES string of the molecule is CC(=O)N(CCNC(=O)C1CC1)c1ccc(Cl)cc1Cl. The Labute approximate surface area is 128 Å². The molecular weight excluding hydrogens is 299 g/mol. The molecule has 108 valence electrons. The van der Waals surface area contributed by atoms with E-state index in [1.807, 2.05) is 0 Å². The van der Waals surface area contributed by atoms with Crippen molar-refractivity contribution in [2.45, 2.75) is 19.8 Å². The van der Waals surface area contributed by atoms with E-state index in [4.69, 9.17) is 23.2 Å². The van der Waals surface area contributed by atoms with Gasteiger partial charge in [0.2, 0.25) is 11.8 Å². The van der Waals surface area contributed by atoms with Gasteiger partial charge in [-0.3, -0.25) is 9.59 Å². The van der Waals surface area contributed by atoms with E-state index in [1.165, 1.54) is 11.8 Å². The van der Waals surface area contributed by atoms with Gasteiger partial charge in [0.1, 0.15) is 0 Å². The van der Waals surface area contributed by atoms with E-state index in [2.05, 4.69) is 5.32 Å². The van der Waals surface area contributed by atoms with Crippen LogP contribution in [-0.2, 0) is 9.59 Å². The Balaban J connectivity index is 1.99. The molecule has 2 rings (SSSR count). The molecule has 0 aliphatic heterocycles. The summed E-state index contributed by atoms with van der Waals surface area (Å²) in [7, 11) is 0. The highest BCUT2D eigenvalue weighted by atomic mass is 35.5. The fourth-order valence-electron chi connectivity index (χ4n) is 1.93. The molecule has 1 aromatic carbocycles. The first kappa shape index (κ1) is 15.1. The van der Waals surface area contributed by atoms with Gasteiger partial charge in [-0.15, -0.1) is 0 Å². The van der Waals surface area contributed by atoms with Crippen LogP contribution in [0, 0.1) is 5.92 Å². The predicted octanol–water partition coefficient (Wildman–Crippen LogP) is 2.87. The molecule has 1 aromatic rings. The minimum absolute atomic E-state index is 0.0655. The van der Waals surface area contributed by atoms with Crippen molar-refractivity contribution in [2.24, 2.45) is 5.92 Å². The molecule has 0 bridgehead atoms. The summed E-state index contributed by atoms with van der Waals surface area (Å²) in [6.07, 6.45) is 1.93. The number of carbonyl (C=O) groups excluding carboxylic acids is 2. The lowest BCUT2D eigenvalue weighted by Gasteiger charge is -2.22. The Morgan fingerprint density at radius 3 is 2.60 bits per heavy atom. The summed E-state index contributed by atoms with van der Waals surface area (Å²) in [5, 5.41) is 3.76. The third kappa shape index (κ3) is 3.87. The van der Waals surface area contributed by atoms with Crippen molar-refractivity contribution >= 4 is 40.7 Å². The molecule has 6 heteroatoms. The van der Waals surface area contributed by atoms with Gasteiger partial charge in [-0.25, -0.2) is 0 Å². The number of amides is 2. The number of hydrogen-bond donors (Lipinski definition) is 1. The minimum atomic E-state index is -0.130. The Hall–Kier alpha value is -1.26. The Morgan fingerprint density at radius 1 is 1.35 bits per heavy atom. The molecule has 0 unspecified atom stereocenters. The van der Waals surface area contributed by atoms with Crippen LogP contribution in [0.4, 0.5) is 5.69 Å². The molecule has 1 saturated carbocycles. The fraction of sp³-hybridized carbons (Fsp3) is 0.429. The summed E-state index contributed by atoms with van der Waals surface area (Å²) in [6, 6.07) is 4.98. The van der Waals surface area contributed by atoms with E-state index < -0.39 is 0 Å². The van der Waals surface area contributed by atoms with Gasteiger partial charge in [-0.2, -0.15) is 0 Å². The number of nitrogens with one attached hydrogen (secondary N) is 1. The fourth-order valence-corrected chi connectivity index (χ4v) is 2.44. The summed E-state index contributed by atoms with van der Waals surface area (Å²) in [5.74, 6) is 0.102. The minimum Gasteiger partial charge on any atom is -0.354 e. The molecule has 0 saturated heterocycles. The van der Waals surface area contributed by atoms with Gasteiger partial charge in [-0.1, -0.05) is 23.2 Å². The molecular formula is C14H16Cl2N2O2. The Kier molecular flexibility index (Phi) is 4.89. The van der Waals surface area contributed by atoms with Gasteiger partial charge in [0.05, 0.1) is 10.7 Å². The predicted molar refractivity (Wildman–Crippen MR) is 80.2 cm³/mol. The van der Waals surface area contributed by atoms with Crippen LogP contribution in [0.2, 0.25) is 10.0 Å². The normalized spacial score (nSPS) is 13.9. The number of hydrogen-bond acceptors (Lipinski definition) is 2. The third-order valence-electron chi connectivity index (χ3n) is 3.16. The van der Waals surface area contributed by atoms with Gasteiger partial charge in [0, 0.05) is 31.0 Å². The van der Waals surface area contributed by atoms with E-state index in [-0.39, 0.29) is 17.7 Å². The monoisotopic (exact) mass is 314 g/mol. The molecule has 1 aliphatic carbocycles. The molecule has 2 amide bonds. The first-order valence-corrected chi connectivity index (χ1v) is 7.25. The molecule has 0 spiro atoms. The summed E-state index contributed by atoms with van der Waals surface area (Å²) in [6.45, 7) is 2.26. The van der Waals surface area contributed by atoms with E-state index >= 15 is 0 Å². The summed E-state index contributed by atoms with van der Waals surface area (Å²) < 4.78 is 0. The van der Waals surface area contributed by atoms with Crippen molar-refractivity contribution in [2.75, 3.05) is 18.0 Å². The van der Waals surface area contributed by atoms with Gasteiger partial charge in [0.25, 0.3) is 0 Å². The largest absolute Gasteiger partial charge is 0.354 e. The molecule has 20 heavy (non-hydrogen) atoms. The number of rotatable bonds is 5. The Bertz CT molecular complexity index is 530. The second-order valence-electron chi connectivity index (χ2n) is 4.83. The number of anilines is 1. The number of benzene rings is 1. The van der Waals surface area contributed by atoms with Crippen molar-refractivity contribution in [3.05, 3.63) is 28.2 Å². The van der Waals surface area contributed by atoms with E-state index in [9.17, 15) is 9.59 Å². The quantitative estimate of drug-likeness (QED) is 0.908. The highest BCUT2D eigenvalue weighted by Crippen LogP contribution is 2.29. The van der Waals surface area contributed by atoms with Crippen LogP contribution in [0.5, 0.6) is 0 Å². The molecule has 1 fully saturated rings. The maximum absolute atomic E-state index is 11.7. The zero-order chi connectivity index (χ0) is 14.7. The van der Waals surface area contributed by atoms with E-state index in [0.717, 1.165) is 12.8 Å². The highest BCUT2D eigenvalue weighted by Gasteiger charge is 2.29. The lowest BCUT2D eigenvalue weighted by Crippen LogP contribution is -2.38. The molecule has 4 nitrogen and oxygen atoms in total. The van der Waals surface area contributed by atoms with Crippen LogP contribution in [0.3, 0.4) is 0 Å². The maximum atomic E-state index is 11.7. The average molecular weight is 315 g/mol. The first-order chi connectivity index (χ1) is 9.49. The topological polar surface area (TPSA) is 49.4 Å². The van der Waals surface area contributed by atoms with E-state index in [1.54, 1.807) is 18.2 Å². The van der Waals surface area contributed by atoms with Crippen LogP contribution in [-0.4, -0.2) is 24.9 Å². The smallest absolute Gasteiger partial charge is 0.223 e. The highest BCUT2D eigenvalue weighted by molar-refractivity contribution is 6.36. The zero-order valence-electron chi connectivity index (χ0n) is 11.2. The van der Waals surface area contributed by atoms with Gasteiger partial charge < -0.3 is 10.2 Å². The van der Waals surface area contributed by atoms with Crippen molar-refractivity contribution < 1.29 is 9.59 Å².